The molecular weight excluding hydrogens is 616 g/mol. The van der Waals surface area contributed by atoms with Crippen molar-refractivity contribution in [2.45, 2.75) is 96.2 Å². The van der Waals surface area contributed by atoms with Crippen LogP contribution in [-0.2, 0) is 11.2 Å². The summed E-state index contributed by atoms with van der Waals surface area (Å²) in [6, 6.07) is 9.98. The fourth-order valence-corrected chi connectivity index (χ4v) is 8.82. The van der Waals surface area contributed by atoms with Crippen LogP contribution >= 0.6 is 0 Å². The first-order valence-corrected chi connectivity index (χ1v) is 18.0. The minimum Gasteiger partial charge on any atom is -0.507 e. The number of likely N-dealkylation sites (tertiary alicyclic amines) is 2. The van der Waals surface area contributed by atoms with Gasteiger partial charge in [0.2, 0.25) is 5.95 Å². The number of aromatic nitrogens is 5. The fraction of sp³-hybridized carbons (Fsp3) is 0.553. The van der Waals surface area contributed by atoms with Crippen LogP contribution in [0, 0.1) is 5.41 Å². The van der Waals surface area contributed by atoms with Gasteiger partial charge in [-0.15, -0.1) is 10.2 Å². The number of H-pyrrole nitrogens is 1. The van der Waals surface area contributed by atoms with Crippen LogP contribution in [0.25, 0.3) is 22.3 Å². The Balaban J connectivity index is 0.867. The zero-order chi connectivity index (χ0) is 33.9. The van der Waals surface area contributed by atoms with E-state index in [0.29, 0.717) is 28.6 Å². The number of amides is 1. The molecule has 3 aliphatic heterocycles. The maximum Gasteiger partial charge on any atom is 0.410 e. The SMILES string of the molecule is C[C@@H]1c2c([nH]c3nnc(-c4ccccc4O)cc23)CCN1c1ncc(C2CCN(C3CCC4(CC3)CN(C(=O)OC(C)(C)C)C4)CC2)cn1. The van der Waals surface area contributed by atoms with Crippen LogP contribution in [0.2, 0.25) is 0 Å². The smallest absolute Gasteiger partial charge is 0.410 e. The summed E-state index contributed by atoms with van der Waals surface area (Å²) in [6.07, 6.45) is 11.9. The highest BCUT2D eigenvalue weighted by Crippen LogP contribution is 2.46. The van der Waals surface area contributed by atoms with Gasteiger partial charge >= 0.3 is 6.09 Å². The van der Waals surface area contributed by atoms with E-state index >= 15 is 0 Å². The number of nitrogens with one attached hydrogen (secondary N) is 1. The molecule has 0 radical (unpaired) electrons. The second-order valence-corrected chi connectivity index (χ2v) is 15.8. The summed E-state index contributed by atoms with van der Waals surface area (Å²) in [5.74, 6) is 1.44. The van der Waals surface area contributed by atoms with Gasteiger partial charge in [-0.2, -0.15) is 0 Å². The van der Waals surface area contributed by atoms with Crippen molar-refractivity contribution in [3.8, 4) is 17.0 Å². The van der Waals surface area contributed by atoms with Gasteiger partial charge in [0.1, 0.15) is 11.4 Å². The van der Waals surface area contributed by atoms with Crippen molar-refractivity contribution < 1.29 is 14.6 Å². The molecule has 1 spiro atoms. The normalized spacial score (nSPS) is 21.9. The Bertz CT molecular complexity index is 1830. The van der Waals surface area contributed by atoms with Gasteiger partial charge < -0.3 is 29.5 Å². The Hall–Kier alpha value is -4.25. The van der Waals surface area contributed by atoms with E-state index in [1.807, 2.05) is 49.9 Å². The zero-order valence-corrected chi connectivity index (χ0v) is 29.2. The van der Waals surface area contributed by atoms with Gasteiger partial charge in [0.05, 0.1) is 11.7 Å². The van der Waals surface area contributed by atoms with Gasteiger partial charge in [-0.1, -0.05) is 12.1 Å². The van der Waals surface area contributed by atoms with E-state index in [9.17, 15) is 9.90 Å². The molecule has 3 fully saturated rings. The number of phenolic OH excluding ortho intramolecular Hbond substituents is 1. The Kier molecular flexibility index (Phi) is 8.00. The molecule has 11 heteroatoms. The predicted octanol–water partition coefficient (Wildman–Crippen LogP) is 6.60. The summed E-state index contributed by atoms with van der Waals surface area (Å²) >= 11 is 0. The maximum atomic E-state index is 12.4. The summed E-state index contributed by atoms with van der Waals surface area (Å²) < 4.78 is 5.58. The molecule has 1 amide bonds. The second kappa shape index (κ2) is 12.3. The van der Waals surface area contributed by atoms with Crippen LogP contribution in [0.4, 0.5) is 10.7 Å². The summed E-state index contributed by atoms with van der Waals surface area (Å²) in [5, 5.41) is 20.3. The molecule has 0 unspecified atom stereocenters. The molecule has 0 bridgehead atoms. The van der Waals surface area contributed by atoms with Crippen molar-refractivity contribution in [3.05, 3.63) is 59.5 Å². The molecule has 49 heavy (non-hydrogen) atoms. The van der Waals surface area contributed by atoms with Gasteiger partial charge in [-0.05, 0) is 109 Å². The number of para-hydroxylation sites is 1. The number of piperidine rings is 1. The molecule has 2 N–H and O–H groups in total. The van der Waals surface area contributed by atoms with E-state index in [1.54, 1.807) is 6.07 Å². The number of fused-ring (bicyclic) bond motifs is 3. The summed E-state index contributed by atoms with van der Waals surface area (Å²) in [4.78, 5) is 32.7. The van der Waals surface area contributed by atoms with Crippen LogP contribution in [0.1, 0.15) is 95.0 Å². The van der Waals surface area contributed by atoms with Gasteiger partial charge in [-0.25, -0.2) is 14.8 Å². The third-order valence-electron chi connectivity index (χ3n) is 11.5. The van der Waals surface area contributed by atoms with Crippen molar-refractivity contribution in [1.29, 1.82) is 0 Å². The average molecular weight is 665 g/mol. The Morgan fingerprint density at radius 3 is 2.41 bits per heavy atom. The predicted molar refractivity (Wildman–Crippen MR) is 189 cm³/mol. The van der Waals surface area contributed by atoms with Gasteiger partial charge in [-0.3, -0.25) is 0 Å². The lowest BCUT2D eigenvalue weighted by Gasteiger charge is -2.54. The quantitative estimate of drug-likeness (QED) is 0.248. The number of hydrogen-bond donors (Lipinski definition) is 2. The largest absolute Gasteiger partial charge is 0.507 e. The highest BCUT2D eigenvalue weighted by molar-refractivity contribution is 5.86. The second-order valence-electron chi connectivity index (χ2n) is 15.8. The highest BCUT2D eigenvalue weighted by atomic mass is 16.6. The van der Waals surface area contributed by atoms with E-state index in [-0.39, 0.29) is 17.9 Å². The number of carbonyl (C=O) groups excluding carboxylic acids is 1. The number of rotatable bonds is 4. The number of aromatic amines is 1. The Morgan fingerprint density at radius 1 is 1.00 bits per heavy atom. The maximum absolute atomic E-state index is 12.4. The molecule has 3 aromatic heterocycles. The molecule has 8 rings (SSSR count). The van der Waals surface area contributed by atoms with E-state index in [1.165, 1.54) is 42.5 Å². The van der Waals surface area contributed by atoms with Crippen molar-refractivity contribution in [2.75, 3.05) is 37.6 Å². The van der Waals surface area contributed by atoms with Gasteiger partial charge in [0.15, 0.2) is 5.65 Å². The number of nitrogens with zero attached hydrogens (tertiary/aromatic N) is 7. The first-order valence-electron chi connectivity index (χ1n) is 18.0. The first-order chi connectivity index (χ1) is 23.6. The molecule has 4 aromatic rings. The number of ether oxygens (including phenoxy) is 1. The van der Waals surface area contributed by atoms with Crippen molar-refractivity contribution in [3.63, 3.8) is 0 Å². The molecule has 258 valence electrons. The van der Waals surface area contributed by atoms with E-state index in [4.69, 9.17) is 14.7 Å². The fourth-order valence-electron chi connectivity index (χ4n) is 8.82. The minimum absolute atomic E-state index is 0.0583. The lowest BCUT2D eigenvalue weighted by Crippen LogP contribution is -2.61. The standard InChI is InChI=1S/C38H48N8O3/c1-24-33-29-19-31(28-7-5-6-8-32(28)47)42-43-34(29)41-30(33)13-18-46(24)35-39-20-26(21-40-35)25-11-16-44(17-12-25)27-9-14-38(15-10-27)22-45(23-38)36(48)49-37(2,3)4/h5-8,19-21,24-25,27,47H,9-18,22-23H2,1-4H3,(H,41,43)/t24-/m1/s1. The third-order valence-corrected chi connectivity index (χ3v) is 11.5. The van der Waals surface area contributed by atoms with Gasteiger partial charge in [0.25, 0.3) is 0 Å². The van der Waals surface area contributed by atoms with E-state index in [0.717, 1.165) is 69.0 Å². The van der Waals surface area contributed by atoms with Crippen LogP contribution in [0.15, 0.2) is 42.7 Å². The number of phenols is 1. The van der Waals surface area contributed by atoms with Crippen molar-refractivity contribution in [2.24, 2.45) is 5.41 Å². The minimum atomic E-state index is -0.440. The van der Waals surface area contributed by atoms with Crippen LogP contribution < -0.4 is 4.90 Å². The molecule has 1 aliphatic carbocycles. The molecule has 11 nitrogen and oxygen atoms in total. The Morgan fingerprint density at radius 2 is 1.71 bits per heavy atom. The number of anilines is 1. The summed E-state index contributed by atoms with van der Waals surface area (Å²) in [7, 11) is 0. The molecule has 1 saturated carbocycles. The number of hydrogen-bond acceptors (Lipinski definition) is 9. The van der Waals surface area contributed by atoms with Crippen LogP contribution in [0.3, 0.4) is 0 Å². The third kappa shape index (κ3) is 6.11. The van der Waals surface area contributed by atoms with Crippen LogP contribution in [-0.4, -0.2) is 90.5 Å². The zero-order valence-electron chi connectivity index (χ0n) is 29.2. The summed E-state index contributed by atoms with van der Waals surface area (Å²) in [6.45, 7) is 12.7. The number of aromatic hydroxyl groups is 1. The molecule has 4 aliphatic rings. The van der Waals surface area contributed by atoms with Crippen molar-refractivity contribution in [1.82, 2.24) is 34.9 Å². The first kappa shape index (κ1) is 32.0. The van der Waals surface area contributed by atoms with Gasteiger partial charge in [0, 0.05) is 72.1 Å². The summed E-state index contributed by atoms with van der Waals surface area (Å²) in [5.41, 5.74) is 5.56. The molecule has 2 saturated heterocycles. The van der Waals surface area contributed by atoms with Crippen LogP contribution in [0.5, 0.6) is 5.75 Å². The van der Waals surface area contributed by atoms with E-state index < -0.39 is 5.60 Å². The molecule has 6 heterocycles. The lowest BCUT2D eigenvalue weighted by molar-refractivity contribution is -0.0595. The number of benzene rings is 1. The van der Waals surface area contributed by atoms with Crippen molar-refractivity contribution >= 4 is 23.1 Å². The Labute approximate surface area is 288 Å². The lowest BCUT2D eigenvalue weighted by atomic mass is 9.67. The van der Waals surface area contributed by atoms with E-state index in [2.05, 4.69) is 44.3 Å². The topological polar surface area (TPSA) is 124 Å². The molecular formula is C38H48N8O3. The average Bonchev–Trinajstić information content (AvgIpc) is 3.46. The highest BCUT2D eigenvalue weighted by Gasteiger charge is 2.48. The number of carbonyl (C=O) groups is 1. The monoisotopic (exact) mass is 664 g/mol. The molecule has 1 aromatic carbocycles. The molecule has 1 atom stereocenters.